The van der Waals surface area contributed by atoms with Crippen LogP contribution in [0.1, 0.15) is 22.5 Å². The maximum absolute atomic E-state index is 10.6. The van der Waals surface area contributed by atoms with Gasteiger partial charge in [0.15, 0.2) is 0 Å². The molecule has 2 rings (SSSR count). The highest BCUT2D eigenvalue weighted by Gasteiger charge is 2.28. The van der Waals surface area contributed by atoms with Crippen molar-refractivity contribution in [2.24, 2.45) is 5.73 Å². The number of rotatable bonds is 5. The molecule has 108 valence electrons. The van der Waals surface area contributed by atoms with Gasteiger partial charge in [0.2, 0.25) is 0 Å². The van der Waals surface area contributed by atoms with E-state index in [1.165, 1.54) is 11.3 Å². The van der Waals surface area contributed by atoms with Gasteiger partial charge in [-0.15, -0.1) is 11.3 Å². The number of nitrogens with two attached hydrogens (primary N) is 1. The number of aliphatic hydroxyl groups excluding tert-OH is 1. The van der Waals surface area contributed by atoms with Gasteiger partial charge in [-0.3, -0.25) is 0 Å². The van der Waals surface area contributed by atoms with E-state index in [0.717, 1.165) is 4.88 Å². The van der Waals surface area contributed by atoms with E-state index in [2.05, 4.69) is 0 Å². The zero-order chi connectivity index (χ0) is 14.7. The molecule has 1 aromatic carbocycles. The smallest absolute Gasteiger partial charge is 0.135 e. The van der Waals surface area contributed by atoms with Gasteiger partial charge in [0.25, 0.3) is 0 Å². The van der Waals surface area contributed by atoms with Gasteiger partial charge in [-0.1, -0.05) is 29.3 Å². The first-order chi connectivity index (χ1) is 9.60. The number of ether oxygens (including phenoxy) is 1. The minimum Gasteiger partial charge on any atom is -0.495 e. The van der Waals surface area contributed by atoms with Crippen LogP contribution in [0.3, 0.4) is 0 Å². The Bertz CT molecular complexity index is 568. The van der Waals surface area contributed by atoms with E-state index in [1.54, 1.807) is 25.3 Å². The summed E-state index contributed by atoms with van der Waals surface area (Å²) in [6, 6.07) is 7.05. The van der Waals surface area contributed by atoms with Crippen molar-refractivity contribution in [3.63, 3.8) is 0 Å². The van der Waals surface area contributed by atoms with Gasteiger partial charge in [0.1, 0.15) is 11.9 Å². The van der Waals surface area contributed by atoms with Crippen LogP contribution in [0.15, 0.2) is 29.6 Å². The summed E-state index contributed by atoms with van der Waals surface area (Å²) < 4.78 is 5.24. The van der Waals surface area contributed by atoms with Crippen LogP contribution in [-0.2, 0) is 0 Å². The van der Waals surface area contributed by atoms with E-state index in [9.17, 15) is 5.11 Å². The van der Waals surface area contributed by atoms with Crippen molar-refractivity contribution in [3.8, 4) is 5.75 Å². The van der Waals surface area contributed by atoms with Gasteiger partial charge in [-0.05, 0) is 29.1 Å². The lowest BCUT2D eigenvalue weighted by molar-refractivity contribution is 0.148. The summed E-state index contributed by atoms with van der Waals surface area (Å²) in [4.78, 5) is 0.721. The molecule has 20 heavy (non-hydrogen) atoms. The summed E-state index contributed by atoms with van der Waals surface area (Å²) in [5, 5.41) is 13.5. The number of methoxy groups -OCH3 is 1. The largest absolute Gasteiger partial charge is 0.495 e. The molecule has 0 saturated carbocycles. The van der Waals surface area contributed by atoms with Gasteiger partial charge >= 0.3 is 0 Å². The molecule has 2 atom stereocenters. The van der Waals surface area contributed by atoms with E-state index in [4.69, 9.17) is 33.7 Å². The Morgan fingerprint density at radius 1 is 1.30 bits per heavy atom. The van der Waals surface area contributed by atoms with Crippen LogP contribution in [0, 0.1) is 0 Å². The van der Waals surface area contributed by atoms with Crippen molar-refractivity contribution in [3.05, 3.63) is 50.1 Å². The number of thiophene rings is 1. The SMILES string of the molecule is COc1ccsc1C(O)C(CN)c1c(Cl)cccc1Cl. The molecule has 3 nitrogen and oxygen atoms in total. The minimum atomic E-state index is -0.813. The first-order valence-corrected chi connectivity index (χ1v) is 7.67. The highest BCUT2D eigenvalue weighted by molar-refractivity contribution is 7.10. The summed E-state index contributed by atoms with van der Waals surface area (Å²) >= 11 is 13.8. The fourth-order valence-corrected chi connectivity index (χ4v) is 3.73. The molecule has 0 aliphatic heterocycles. The van der Waals surface area contributed by atoms with Gasteiger partial charge in [-0.25, -0.2) is 0 Å². The molecule has 3 N–H and O–H groups in total. The number of hydrogen-bond acceptors (Lipinski definition) is 4. The van der Waals surface area contributed by atoms with Crippen molar-refractivity contribution in [2.45, 2.75) is 12.0 Å². The molecule has 0 amide bonds. The molecular formula is C14H15Cl2NO2S. The molecule has 0 spiro atoms. The van der Waals surface area contributed by atoms with Gasteiger partial charge in [-0.2, -0.15) is 0 Å². The zero-order valence-electron chi connectivity index (χ0n) is 10.8. The zero-order valence-corrected chi connectivity index (χ0v) is 13.2. The topological polar surface area (TPSA) is 55.5 Å². The second-order valence-corrected chi connectivity index (χ2v) is 6.04. The van der Waals surface area contributed by atoms with Crippen molar-refractivity contribution >= 4 is 34.5 Å². The van der Waals surface area contributed by atoms with E-state index in [1.807, 2.05) is 11.4 Å². The van der Waals surface area contributed by atoms with Crippen molar-refractivity contribution in [2.75, 3.05) is 13.7 Å². The van der Waals surface area contributed by atoms with Gasteiger partial charge in [0.05, 0.1) is 12.0 Å². The lowest BCUT2D eigenvalue weighted by atomic mass is 9.92. The van der Waals surface area contributed by atoms with Gasteiger partial charge < -0.3 is 15.6 Å². The van der Waals surface area contributed by atoms with Crippen LogP contribution in [0.25, 0.3) is 0 Å². The third-order valence-corrected chi connectivity index (χ3v) is 4.78. The van der Waals surface area contributed by atoms with E-state index in [0.29, 0.717) is 21.4 Å². The molecule has 6 heteroatoms. The number of benzene rings is 1. The molecule has 1 aromatic heterocycles. The van der Waals surface area contributed by atoms with E-state index < -0.39 is 6.10 Å². The summed E-state index contributed by atoms with van der Waals surface area (Å²) in [5.41, 5.74) is 6.50. The Hall–Kier alpha value is -0.780. The molecule has 0 radical (unpaired) electrons. The number of hydrogen-bond donors (Lipinski definition) is 2. The monoisotopic (exact) mass is 331 g/mol. The third-order valence-electron chi connectivity index (χ3n) is 3.15. The van der Waals surface area contributed by atoms with Crippen molar-refractivity contribution in [1.29, 1.82) is 0 Å². The molecule has 0 aliphatic rings. The van der Waals surface area contributed by atoms with Crippen LogP contribution in [0.4, 0.5) is 0 Å². The molecule has 2 aromatic rings. The van der Waals surface area contributed by atoms with Crippen LogP contribution in [-0.4, -0.2) is 18.8 Å². The molecule has 0 saturated heterocycles. The third kappa shape index (κ3) is 2.95. The van der Waals surface area contributed by atoms with Crippen LogP contribution in [0.2, 0.25) is 10.0 Å². The van der Waals surface area contributed by atoms with Crippen molar-refractivity contribution in [1.82, 2.24) is 0 Å². The fourth-order valence-electron chi connectivity index (χ4n) is 2.15. The fraction of sp³-hybridized carbons (Fsp3) is 0.286. The average Bonchev–Trinajstić information content (AvgIpc) is 2.90. The summed E-state index contributed by atoms with van der Waals surface area (Å²) in [6.45, 7) is 0.228. The molecular weight excluding hydrogens is 317 g/mol. The van der Waals surface area contributed by atoms with Crippen LogP contribution >= 0.6 is 34.5 Å². The first kappa shape index (κ1) is 15.6. The molecule has 0 aliphatic carbocycles. The minimum absolute atomic E-state index is 0.228. The first-order valence-electron chi connectivity index (χ1n) is 6.03. The van der Waals surface area contributed by atoms with E-state index >= 15 is 0 Å². The average molecular weight is 332 g/mol. The predicted octanol–water partition coefficient (Wildman–Crippen LogP) is 3.84. The highest BCUT2D eigenvalue weighted by Crippen LogP contribution is 2.42. The van der Waals surface area contributed by atoms with Crippen LogP contribution in [0.5, 0.6) is 5.75 Å². The summed E-state index contributed by atoms with van der Waals surface area (Å²) in [6.07, 6.45) is -0.813. The predicted molar refractivity (Wildman–Crippen MR) is 84.1 cm³/mol. The lowest BCUT2D eigenvalue weighted by Gasteiger charge is -2.23. The van der Waals surface area contributed by atoms with Crippen LogP contribution < -0.4 is 10.5 Å². The summed E-state index contributed by atoms with van der Waals surface area (Å²) in [7, 11) is 1.57. The van der Waals surface area contributed by atoms with Gasteiger partial charge in [0, 0.05) is 22.5 Å². The maximum atomic E-state index is 10.6. The Kier molecular flexibility index (Phi) is 5.29. The standard InChI is InChI=1S/C14H15Cl2NO2S/c1-19-11-5-6-20-14(11)13(18)8(7-17)12-9(15)3-2-4-10(12)16/h2-6,8,13,18H,7,17H2,1H3. The second kappa shape index (κ2) is 6.78. The Morgan fingerprint density at radius 2 is 1.95 bits per heavy atom. The van der Waals surface area contributed by atoms with E-state index in [-0.39, 0.29) is 12.5 Å². The lowest BCUT2D eigenvalue weighted by Crippen LogP contribution is -2.20. The maximum Gasteiger partial charge on any atom is 0.135 e. The van der Waals surface area contributed by atoms with Crippen molar-refractivity contribution < 1.29 is 9.84 Å². The number of halogens is 2. The Balaban J connectivity index is 2.42. The Labute approximate surface area is 131 Å². The molecule has 1 heterocycles. The second-order valence-electron chi connectivity index (χ2n) is 4.28. The normalized spacial score (nSPS) is 14.1. The highest BCUT2D eigenvalue weighted by atomic mass is 35.5. The molecule has 2 unspecified atom stereocenters. The quantitative estimate of drug-likeness (QED) is 0.875. The number of aliphatic hydroxyl groups is 1. The molecule has 0 fully saturated rings. The molecule has 0 bridgehead atoms. The Morgan fingerprint density at radius 3 is 2.50 bits per heavy atom. The summed E-state index contributed by atoms with van der Waals surface area (Å²) in [5.74, 6) is 0.257.